The summed E-state index contributed by atoms with van der Waals surface area (Å²) >= 11 is 0. The molecule has 0 aromatic carbocycles. The number of nitrogens with zero attached hydrogens (tertiary/aromatic N) is 4. The second-order valence-electron chi connectivity index (χ2n) is 7.34. The van der Waals surface area contributed by atoms with Crippen LogP contribution in [-0.4, -0.2) is 104 Å². The Morgan fingerprint density at radius 3 is 2.27 bits per heavy atom. The van der Waals surface area contributed by atoms with Crippen molar-refractivity contribution in [3.8, 4) is 0 Å². The van der Waals surface area contributed by atoms with Crippen LogP contribution >= 0.6 is 0 Å². The van der Waals surface area contributed by atoms with Crippen molar-refractivity contribution in [1.82, 2.24) is 18.4 Å². The minimum Gasteiger partial charge on any atom is -0.379 e. The van der Waals surface area contributed by atoms with Gasteiger partial charge in [0.25, 0.3) is 10.2 Å². The molecule has 150 valence electrons. The fourth-order valence-electron chi connectivity index (χ4n) is 4.09. The van der Waals surface area contributed by atoms with E-state index in [9.17, 15) is 13.2 Å². The number of likely N-dealkylation sites (tertiary alicyclic amines) is 1. The number of piperazine rings is 1. The molecule has 0 radical (unpaired) electrons. The summed E-state index contributed by atoms with van der Waals surface area (Å²) in [6.07, 6.45) is 4.42. The predicted octanol–water partition coefficient (Wildman–Crippen LogP) is -0.0279. The minimum atomic E-state index is -3.41. The van der Waals surface area contributed by atoms with Gasteiger partial charge in [0, 0.05) is 51.9 Å². The molecule has 1 atom stereocenters. The molecule has 9 heteroatoms. The summed E-state index contributed by atoms with van der Waals surface area (Å²) in [7, 11) is -3.41. The van der Waals surface area contributed by atoms with Gasteiger partial charge in [0.15, 0.2) is 0 Å². The first-order valence-corrected chi connectivity index (χ1v) is 11.3. The average molecular weight is 389 g/mol. The van der Waals surface area contributed by atoms with Crippen molar-refractivity contribution in [2.75, 3.05) is 65.6 Å². The summed E-state index contributed by atoms with van der Waals surface area (Å²) in [5.41, 5.74) is 0. The highest BCUT2D eigenvalue weighted by Gasteiger charge is 2.34. The zero-order valence-electron chi connectivity index (χ0n) is 15.8. The number of rotatable bonds is 5. The Labute approximate surface area is 157 Å². The van der Waals surface area contributed by atoms with E-state index in [4.69, 9.17) is 4.74 Å². The van der Waals surface area contributed by atoms with E-state index < -0.39 is 10.2 Å². The molecule has 0 spiro atoms. The number of ether oxygens (including phenoxy) is 1. The number of morpholine rings is 1. The van der Waals surface area contributed by atoms with Crippen LogP contribution in [0.5, 0.6) is 0 Å². The van der Waals surface area contributed by atoms with Crippen LogP contribution in [0.1, 0.15) is 32.6 Å². The molecule has 1 amide bonds. The predicted molar refractivity (Wildman–Crippen MR) is 99.0 cm³/mol. The third-order valence-electron chi connectivity index (χ3n) is 5.73. The van der Waals surface area contributed by atoms with Crippen molar-refractivity contribution in [2.24, 2.45) is 0 Å². The molecule has 3 fully saturated rings. The van der Waals surface area contributed by atoms with Crippen LogP contribution in [0.25, 0.3) is 0 Å². The van der Waals surface area contributed by atoms with Crippen molar-refractivity contribution in [3.63, 3.8) is 0 Å². The van der Waals surface area contributed by atoms with Gasteiger partial charge < -0.3 is 9.64 Å². The molecule has 8 nitrogen and oxygen atoms in total. The maximum Gasteiger partial charge on any atom is 0.282 e. The van der Waals surface area contributed by atoms with Gasteiger partial charge in [-0.15, -0.1) is 0 Å². The van der Waals surface area contributed by atoms with Gasteiger partial charge in [0.1, 0.15) is 0 Å². The van der Waals surface area contributed by atoms with Crippen molar-refractivity contribution in [3.05, 3.63) is 0 Å². The van der Waals surface area contributed by atoms with Crippen LogP contribution in [0, 0.1) is 0 Å². The van der Waals surface area contributed by atoms with E-state index in [1.54, 1.807) is 4.31 Å². The van der Waals surface area contributed by atoms with Crippen molar-refractivity contribution in [1.29, 1.82) is 0 Å². The first-order valence-electron chi connectivity index (χ1n) is 9.87. The van der Waals surface area contributed by atoms with Crippen molar-refractivity contribution in [2.45, 2.75) is 38.6 Å². The number of piperidine rings is 1. The van der Waals surface area contributed by atoms with Gasteiger partial charge in [0.2, 0.25) is 5.91 Å². The van der Waals surface area contributed by atoms with E-state index in [1.165, 1.54) is 10.7 Å². The zero-order valence-corrected chi connectivity index (χ0v) is 16.6. The molecule has 3 rings (SSSR count). The van der Waals surface area contributed by atoms with E-state index in [2.05, 4.69) is 11.8 Å². The summed E-state index contributed by atoms with van der Waals surface area (Å²) < 4.78 is 33.7. The lowest BCUT2D eigenvalue weighted by Crippen LogP contribution is -2.56. The summed E-state index contributed by atoms with van der Waals surface area (Å²) in [5, 5.41) is 0. The van der Waals surface area contributed by atoms with E-state index >= 15 is 0 Å². The third-order valence-corrected chi connectivity index (χ3v) is 7.77. The molecular formula is C17H32N4O4S. The Hall–Kier alpha value is -0.740. The molecule has 0 bridgehead atoms. The number of hydrogen-bond acceptors (Lipinski definition) is 5. The van der Waals surface area contributed by atoms with Crippen LogP contribution in [0.3, 0.4) is 0 Å². The van der Waals surface area contributed by atoms with E-state index in [1.807, 2.05) is 4.90 Å². The Kier molecular flexibility index (Phi) is 6.90. The Morgan fingerprint density at radius 2 is 1.62 bits per heavy atom. The van der Waals surface area contributed by atoms with Gasteiger partial charge in [-0.3, -0.25) is 9.69 Å². The number of carbonyl (C=O) groups is 1. The molecule has 0 aromatic rings. The SMILES string of the molecule is CCC1CCCCN1C(=O)CN1CCN(S(=O)(=O)N2CCOCC2)CC1. The lowest BCUT2D eigenvalue weighted by molar-refractivity contribution is -0.136. The molecule has 0 N–H and O–H groups in total. The topological polar surface area (TPSA) is 73.4 Å². The average Bonchev–Trinajstić information content (AvgIpc) is 2.69. The molecule has 3 aliphatic heterocycles. The van der Waals surface area contributed by atoms with Gasteiger partial charge in [-0.2, -0.15) is 17.0 Å². The molecule has 3 heterocycles. The maximum atomic E-state index is 12.7. The maximum absolute atomic E-state index is 12.7. The summed E-state index contributed by atoms with van der Waals surface area (Å²) in [5.74, 6) is 0.195. The van der Waals surface area contributed by atoms with Crippen LogP contribution in [0.15, 0.2) is 0 Å². The first kappa shape index (κ1) is 20.0. The normalized spacial score (nSPS) is 27.6. The van der Waals surface area contributed by atoms with E-state index in [0.717, 1.165) is 25.8 Å². The Bertz CT molecular complexity index is 571. The fourth-order valence-corrected chi connectivity index (χ4v) is 5.66. The number of amides is 1. The zero-order chi connectivity index (χ0) is 18.6. The first-order chi connectivity index (χ1) is 12.5. The minimum absolute atomic E-state index is 0.195. The molecule has 0 aliphatic carbocycles. The van der Waals surface area contributed by atoms with Gasteiger partial charge in [-0.05, 0) is 25.7 Å². The highest BCUT2D eigenvalue weighted by Crippen LogP contribution is 2.20. The molecule has 26 heavy (non-hydrogen) atoms. The monoisotopic (exact) mass is 388 g/mol. The largest absolute Gasteiger partial charge is 0.379 e. The fraction of sp³-hybridized carbons (Fsp3) is 0.941. The lowest BCUT2D eigenvalue weighted by atomic mass is 10.00. The second kappa shape index (κ2) is 8.97. The van der Waals surface area contributed by atoms with Crippen LogP contribution in [0.2, 0.25) is 0 Å². The molecule has 0 saturated carbocycles. The molecule has 0 aromatic heterocycles. The van der Waals surface area contributed by atoms with Crippen LogP contribution in [-0.2, 0) is 19.7 Å². The van der Waals surface area contributed by atoms with E-state index in [0.29, 0.717) is 65.1 Å². The van der Waals surface area contributed by atoms with Gasteiger partial charge in [-0.1, -0.05) is 6.92 Å². The quantitative estimate of drug-likeness (QED) is 0.661. The summed E-state index contributed by atoms with van der Waals surface area (Å²) in [6.45, 7) is 7.30. The van der Waals surface area contributed by atoms with Crippen molar-refractivity contribution < 1.29 is 17.9 Å². The highest BCUT2D eigenvalue weighted by molar-refractivity contribution is 7.86. The lowest BCUT2D eigenvalue weighted by Gasteiger charge is -2.39. The number of hydrogen-bond donors (Lipinski definition) is 0. The van der Waals surface area contributed by atoms with Gasteiger partial charge in [-0.25, -0.2) is 0 Å². The summed E-state index contributed by atoms with van der Waals surface area (Å²) in [4.78, 5) is 16.8. The summed E-state index contributed by atoms with van der Waals surface area (Å²) in [6, 6.07) is 0.374. The Morgan fingerprint density at radius 1 is 0.962 bits per heavy atom. The highest BCUT2D eigenvalue weighted by atomic mass is 32.2. The molecule has 3 aliphatic rings. The van der Waals surface area contributed by atoms with Crippen molar-refractivity contribution >= 4 is 16.1 Å². The van der Waals surface area contributed by atoms with Gasteiger partial charge in [0.05, 0.1) is 19.8 Å². The molecule has 3 saturated heterocycles. The third kappa shape index (κ3) is 4.56. The standard InChI is InChI=1S/C17H32N4O4S/c1-2-16-5-3-4-6-21(16)17(22)15-18-7-9-19(10-8-18)26(23,24)20-11-13-25-14-12-20/h16H,2-15H2,1H3. The van der Waals surface area contributed by atoms with Gasteiger partial charge >= 0.3 is 0 Å². The van der Waals surface area contributed by atoms with Crippen LogP contribution < -0.4 is 0 Å². The van der Waals surface area contributed by atoms with E-state index in [-0.39, 0.29) is 5.91 Å². The van der Waals surface area contributed by atoms with Crippen LogP contribution in [0.4, 0.5) is 0 Å². The molecular weight excluding hydrogens is 356 g/mol. The molecule has 1 unspecified atom stereocenters. The Balaban J connectivity index is 1.49. The number of carbonyl (C=O) groups excluding carboxylic acids is 1. The smallest absolute Gasteiger partial charge is 0.282 e. The second-order valence-corrected chi connectivity index (χ2v) is 9.27.